The fourth-order valence-corrected chi connectivity index (χ4v) is 6.22. The summed E-state index contributed by atoms with van der Waals surface area (Å²) in [7, 11) is -0.139. The summed E-state index contributed by atoms with van der Waals surface area (Å²) in [4.78, 5) is 45.3. The van der Waals surface area contributed by atoms with Crippen LogP contribution in [0.3, 0.4) is 0 Å². The third kappa shape index (κ3) is 6.57. The van der Waals surface area contributed by atoms with Crippen molar-refractivity contribution in [3.63, 3.8) is 0 Å². The summed E-state index contributed by atoms with van der Waals surface area (Å²) in [5, 5.41) is 31.0. The quantitative estimate of drug-likeness (QED) is 0.0779. The number of thiol groups is 1. The zero-order valence-corrected chi connectivity index (χ0v) is 25.9. The van der Waals surface area contributed by atoms with E-state index >= 15 is 4.39 Å². The first-order valence-corrected chi connectivity index (χ1v) is 17.2. The highest BCUT2D eigenvalue weighted by Gasteiger charge is 2.50. The lowest BCUT2D eigenvalue weighted by Gasteiger charge is -2.27. The minimum atomic E-state index is -4.26. The number of aromatic amines is 1. The number of nitrogens with one attached hydrogen (secondary N) is 1. The Morgan fingerprint density at radius 1 is 1.09 bits per heavy atom. The number of H-pyrrole nitrogens is 1. The van der Waals surface area contributed by atoms with Gasteiger partial charge in [-0.2, -0.15) is 4.98 Å². The topological polar surface area (TPSA) is 294 Å². The summed E-state index contributed by atoms with van der Waals surface area (Å²) in [6, 6.07) is 0. The van der Waals surface area contributed by atoms with Crippen molar-refractivity contribution in [1.82, 2.24) is 39.0 Å². The summed E-state index contributed by atoms with van der Waals surface area (Å²) in [5.74, 6) is -0.154. The average Bonchev–Trinajstić information content (AvgIpc) is 3.74. The van der Waals surface area contributed by atoms with E-state index in [4.69, 9.17) is 46.4 Å². The van der Waals surface area contributed by atoms with E-state index < -0.39 is 74.6 Å². The van der Waals surface area contributed by atoms with Crippen molar-refractivity contribution in [3.05, 3.63) is 29.3 Å². The van der Waals surface area contributed by atoms with E-state index in [0.717, 1.165) is 0 Å². The zero-order valence-electron chi connectivity index (χ0n) is 22.4. The predicted molar refractivity (Wildman–Crippen MR) is 158 cm³/mol. The van der Waals surface area contributed by atoms with Crippen molar-refractivity contribution in [2.24, 2.45) is 0 Å². The molecule has 2 saturated heterocycles. The Labute approximate surface area is 262 Å². The number of ether oxygens (including phenoxy) is 2. The minimum absolute atomic E-state index is 0.0330. The number of nitrogens with zero attached hydrogens (tertiary/aromatic N) is 7. The van der Waals surface area contributed by atoms with Gasteiger partial charge in [0, 0.05) is 0 Å². The van der Waals surface area contributed by atoms with Crippen molar-refractivity contribution in [1.29, 1.82) is 0 Å². The lowest BCUT2D eigenvalue weighted by Crippen LogP contribution is -2.35. The molecule has 0 radical (unpaired) electrons. The van der Waals surface area contributed by atoms with Crippen LogP contribution in [-0.2, 0) is 34.9 Å². The molecule has 0 spiro atoms. The van der Waals surface area contributed by atoms with Gasteiger partial charge in [-0.25, -0.2) is 24.3 Å². The van der Waals surface area contributed by atoms with Gasteiger partial charge in [-0.3, -0.25) is 28.0 Å². The number of anilines is 2. The first-order chi connectivity index (χ1) is 21.4. The smallest absolute Gasteiger partial charge is 0.325 e. The van der Waals surface area contributed by atoms with E-state index in [-0.39, 0.29) is 41.8 Å². The number of aliphatic hydroxyl groups is 3. The molecule has 2 aliphatic rings. The van der Waals surface area contributed by atoms with E-state index in [2.05, 4.69) is 42.2 Å². The molecule has 0 aliphatic carbocycles. The highest BCUT2D eigenvalue weighted by atomic mass is 32.7. The highest BCUT2D eigenvalue weighted by molar-refractivity contribution is 8.33. The maximum atomic E-state index is 15.1. The summed E-state index contributed by atoms with van der Waals surface area (Å²) in [6.45, 7) is -5.52. The van der Waals surface area contributed by atoms with Crippen molar-refractivity contribution < 1.29 is 47.7 Å². The molecule has 3 unspecified atom stereocenters. The molecular formula is C20H25FN10O10P2S2. The van der Waals surface area contributed by atoms with E-state index in [9.17, 15) is 25.0 Å². The molecule has 0 bridgehead atoms. The summed E-state index contributed by atoms with van der Waals surface area (Å²) in [6.07, 6.45) is -8.27. The van der Waals surface area contributed by atoms with Crippen molar-refractivity contribution in [2.75, 3.05) is 24.7 Å². The number of aliphatic hydroxyl groups excluding tert-OH is 3. The number of alkyl halides is 1. The van der Waals surface area contributed by atoms with Crippen LogP contribution in [0.1, 0.15) is 12.5 Å². The second-order valence-electron chi connectivity index (χ2n) is 9.51. The summed E-state index contributed by atoms with van der Waals surface area (Å²) in [5.41, 5.74) is 11.0. The molecule has 9 N–H and O–H groups in total. The van der Waals surface area contributed by atoms with Crippen LogP contribution < -0.4 is 17.0 Å². The fraction of sp³-hybridized carbons (Fsp3) is 0.500. The fourth-order valence-electron chi connectivity index (χ4n) is 4.81. The SMILES string of the molecule is Nc1nc2c(ncn2[C@@H]2O[C@H](CO)C(O)[C@@H]2OP(O)(=S)OC[C@H]2O[C@@H](n3cnc4c(N)ncnc43)[C@@H](F)C2O)c(=O)[nH]1.O=PS. The average molecular weight is 711 g/mol. The third-order valence-corrected chi connectivity index (χ3v) is 8.39. The van der Waals surface area contributed by atoms with Crippen molar-refractivity contribution in [3.8, 4) is 0 Å². The molecule has 6 heterocycles. The first kappa shape index (κ1) is 33.6. The number of aromatic nitrogens is 8. The molecule has 20 nitrogen and oxygen atoms in total. The van der Waals surface area contributed by atoms with Gasteiger partial charge in [0.25, 0.3) is 5.56 Å². The standard InChI is InChI=1S/C20H24FN10O9PS.HOPS/c21-8-11(33)7(39-18(8)30-4-26-9-14(22)24-3-25-15(9)30)2-37-41(36,42)40-13-12(34)6(1-32)38-19(13)31-5-27-10-16(31)28-20(23)29-17(10)35;1-2-3/h3-8,11-13,18-19,32-34H,1-2H2,(H,36,42)(H2,22,24,25)(H3,23,28,29,35);(H,1,3)/t6-,7-,8+,11?,12?,13+,18-,19-,41?;/m1./s1. The Balaban J connectivity index is 0.00000128. The van der Waals surface area contributed by atoms with Crippen LogP contribution in [0.25, 0.3) is 22.3 Å². The molecule has 9 atom stereocenters. The summed E-state index contributed by atoms with van der Waals surface area (Å²) < 4.78 is 48.6. The van der Waals surface area contributed by atoms with Crippen LogP contribution in [-0.4, -0.2) is 109 Å². The Morgan fingerprint density at radius 3 is 2.42 bits per heavy atom. The predicted octanol–water partition coefficient (Wildman–Crippen LogP) is -1.29. The Morgan fingerprint density at radius 2 is 1.73 bits per heavy atom. The van der Waals surface area contributed by atoms with E-state index in [0.29, 0.717) is 0 Å². The van der Waals surface area contributed by atoms with Gasteiger partial charge in [0.1, 0.15) is 42.4 Å². The van der Waals surface area contributed by atoms with Crippen LogP contribution in [0.4, 0.5) is 16.2 Å². The molecule has 0 aromatic carbocycles. The van der Waals surface area contributed by atoms with Gasteiger partial charge in [-0.1, -0.05) is 12.2 Å². The molecule has 2 fully saturated rings. The van der Waals surface area contributed by atoms with E-state index in [1.807, 2.05) is 0 Å². The molecule has 4 aromatic rings. The Bertz CT molecular complexity index is 1800. The molecule has 2 aliphatic heterocycles. The maximum absolute atomic E-state index is 15.1. The largest absolute Gasteiger partial charge is 0.394 e. The number of nitrogens with two attached hydrogens (primary N) is 2. The summed E-state index contributed by atoms with van der Waals surface area (Å²) >= 11 is 8.32. The van der Waals surface area contributed by atoms with Crippen LogP contribution in [0, 0.1) is 0 Å². The molecule has 4 aromatic heterocycles. The number of hydrogen-bond acceptors (Lipinski definition) is 17. The van der Waals surface area contributed by atoms with Gasteiger partial charge in [0.05, 0.1) is 25.9 Å². The second-order valence-corrected chi connectivity index (χ2v) is 13.0. The number of nitrogen functional groups attached to an aromatic ring is 2. The number of imidazole rings is 2. The minimum Gasteiger partial charge on any atom is -0.394 e. The number of halogens is 1. The monoisotopic (exact) mass is 710 g/mol. The molecular weight excluding hydrogens is 685 g/mol. The van der Waals surface area contributed by atoms with Crippen molar-refractivity contribution >= 4 is 72.5 Å². The first-order valence-electron chi connectivity index (χ1n) is 12.6. The number of fused-ring (bicyclic) bond motifs is 2. The Hall–Kier alpha value is -2.79. The molecule has 0 amide bonds. The van der Waals surface area contributed by atoms with Crippen LogP contribution >= 0.6 is 26.6 Å². The van der Waals surface area contributed by atoms with E-state index in [1.165, 1.54) is 28.1 Å². The van der Waals surface area contributed by atoms with Gasteiger partial charge in [-0.05, 0) is 11.8 Å². The van der Waals surface area contributed by atoms with Gasteiger partial charge in [0.15, 0.2) is 41.3 Å². The van der Waals surface area contributed by atoms with E-state index in [1.54, 1.807) is 0 Å². The molecule has 25 heteroatoms. The Kier molecular flexibility index (Phi) is 10.1. The lowest BCUT2D eigenvalue weighted by molar-refractivity contribution is -0.0554. The molecule has 244 valence electrons. The maximum Gasteiger partial charge on any atom is 0.325 e. The number of rotatable bonds is 8. The highest BCUT2D eigenvalue weighted by Crippen LogP contribution is 2.50. The van der Waals surface area contributed by atoms with Crippen LogP contribution in [0.15, 0.2) is 23.8 Å². The van der Waals surface area contributed by atoms with Crippen molar-refractivity contribution in [2.45, 2.75) is 49.1 Å². The third-order valence-electron chi connectivity index (χ3n) is 6.83. The molecule has 45 heavy (non-hydrogen) atoms. The lowest BCUT2D eigenvalue weighted by atomic mass is 10.1. The molecule has 0 saturated carbocycles. The normalized spacial score (nSPS) is 29.6. The molecule has 6 rings (SSSR count). The number of hydrogen-bond donors (Lipinski definition) is 8. The van der Waals surface area contributed by atoms with Gasteiger partial charge < -0.3 is 45.7 Å². The zero-order chi connectivity index (χ0) is 32.6. The van der Waals surface area contributed by atoms with Gasteiger partial charge >= 0.3 is 6.72 Å². The van der Waals surface area contributed by atoms with Crippen LogP contribution in [0.5, 0.6) is 0 Å². The van der Waals surface area contributed by atoms with Crippen LogP contribution in [0.2, 0.25) is 0 Å². The van der Waals surface area contributed by atoms with Gasteiger partial charge in [-0.15, -0.1) is 0 Å². The van der Waals surface area contributed by atoms with Gasteiger partial charge in [0.2, 0.25) is 13.6 Å². The second kappa shape index (κ2) is 13.5.